The van der Waals surface area contributed by atoms with Crippen LogP contribution in [-0.2, 0) is 14.4 Å². The largest absolute Gasteiger partial charge is 0.464 e. The minimum absolute atomic E-state index is 0.354. The van der Waals surface area contributed by atoms with Crippen LogP contribution in [0.3, 0.4) is 0 Å². The molecule has 0 rings (SSSR count). The standard InChI is InChI=1S/C5H11NO3/c1-3-8-5(7)4(2)9-6/h4H,3,6H2,1-2H3. The summed E-state index contributed by atoms with van der Waals surface area (Å²) in [6, 6.07) is 0. The van der Waals surface area contributed by atoms with Crippen molar-refractivity contribution in [1.29, 1.82) is 0 Å². The van der Waals surface area contributed by atoms with E-state index in [2.05, 4.69) is 9.57 Å². The molecule has 0 amide bonds. The first-order chi connectivity index (χ1) is 4.22. The van der Waals surface area contributed by atoms with Crippen molar-refractivity contribution >= 4 is 5.97 Å². The van der Waals surface area contributed by atoms with Crippen molar-refractivity contribution < 1.29 is 14.4 Å². The molecule has 0 aliphatic heterocycles. The average Bonchev–Trinajstić information content (AvgIpc) is 1.87. The first-order valence-electron chi connectivity index (χ1n) is 2.74. The Morgan fingerprint density at radius 1 is 1.78 bits per heavy atom. The number of rotatable bonds is 3. The topological polar surface area (TPSA) is 61.5 Å². The highest BCUT2D eigenvalue weighted by Gasteiger charge is 2.11. The third-order valence-electron chi connectivity index (χ3n) is 0.823. The molecule has 9 heavy (non-hydrogen) atoms. The van der Waals surface area contributed by atoms with Gasteiger partial charge in [0.1, 0.15) is 0 Å². The normalized spacial score (nSPS) is 12.8. The molecule has 2 N–H and O–H groups in total. The Morgan fingerprint density at radius 2 is 2.33 bits per heavy atom. The minimum atomic E-state index is -0.662. The van der Waals surface area contributed by atoms with Crippen molar-refractivity contribution in [3.05, 3.63) is 0 Å². The van der Waals surface area contributed by atoms with Gasteiger partial charge in [-0.2, -0.15) is 0 Å². The molecule has 0 radical (unpaired) electrons. The second-order valence-corrected chi connectivity index (χ2v) is 1.53. The smallest absolute Gasteiger partial charge is 0.337 e. The molecule has 0 saturated heterocycles. The maximum Gasteiger partial charge on any atom is 0.337 e. The molecule has 0 aromatic rings. The predicted molar refractivity (Wildman–Crippen MR) is 31.4 cm³/mol. The Balaban J connectivity index is 3.46. The molecule has 0 spiro atoms. The van der Waals surface area contributed by atoms with Crippen LogP contribution in [0, 0.1) is 0 Å². The van der Waals surface area contributed by atoms with Crippen LogP contribution in [-0.4, -0.2) is 18.7 Å². The first-order valence-corrected chi connectivity index (χ1v) is 2.74. The van der Waals surface area contributed by atoms with E-state index in [9.17, 15) is 4.79 Å². The number of nitrogens with two attached hydrogens (primary N) is 1. The lowest BCUT2D eigenvalue weighted by Crippen LogP contribution is -2.25. The Morgan fingerprint density at radius 3 is 2.67 bits per heavy atom. The molecule has 0 aromatic carbocycles. The third kappa shape index (κ3) is 3.05. The summed E-state index contributed by atoms with van der Waals surface area (Å²) in [7, 11) is 0. The van der Waals surface area contributed by atoms with E-state index in [-0.39, 0.29) is 0 Å². The van der Waals surface area contributed by atoms with Crippen molar-refractivity contribution in [2.45, 2.75) is 20.0 Å². The molecular formula is C5H11NO3. The monoisotopic (exact) mass is 133 g/mol. The highest BCUT2D eigenvalue weighted by atomic mass is 16.6. The van der Waals surface area contributed by atoms with Crippen LogP contribution < -0.4 is 5.90 Å². The maximum atomic E-state index is 10.5. The summed E-state index contributed by atoms with van der Waals surface area (Å²) < 4.78 is 4.55. The van der Waals surface area contributed by atoms with Gasteiger partial charge < -0.3 is 4.74 Å². The van der Waals surface area contributed by atoms with E-state index in [4.69, 9.17) is 5.90 Å². The Kier molecular flexibility index (Phi) is 4.00. The van der Waals surface area contributed by atoms with Crippen molar-refractivity contribution in [3.8, 4) is 0 Å². The highest BCUT2D eigenvalue weighted by Crippen LogP contribution is 1.88. The van der Waals surface area contributed by atoms with Gasteiger partial charge in [0, 0.05) is 0 Å². The zero-order chi connectivity index (χ0) is 7.28. The lowest BCUT2D eigenvalue weighted by atomic mass is 10.4. The van der Waals surface area contributed by atoms with Gasteiger partial charge in [0.2, 0.25) is 0 Å². The summed E-state index contributed by atoms with van der Waals surface area (Å²) in [6.07, 6.45) is -0.662. The van der Waals surface area contributed by atoms with Crippen LogP contribution in [0.2, 0.25) is 0 Å². The van der Waals surface area contributed by atoms with Gasteiger partial charge in [0.25, 0.3) is 0 Å². The van der Waals surface area contributed by atoms with Gasteiger partial charge >= 0.3 is 5.97 Å². The quantitative estimate of drug-likeness (QED) is 0.429. The van der Waals surface area contributed by atoms with E-state index in [1.54, 1.807) is 6.92 Å². The van der Waals surface area contributed by atoms with Gasteiger partial charge in [0.05, 0.1) is 6.61 Å². The van der Waals surface area contributed by atoms with Gasteiger partial charge in [-0.05, 0) is 13.8 Å². The fourth-order valence-corrected chi connectivity index (χ4v) is 0.315. The zero-order valence-electron chi connectivity index (χ0n) is 5.59. The van der Waals surface area contributed by atoms with Crippen LogP contribution in [0.1, 0.15) is 13.8 Å². The molecule has 0 aromatic heterocycles. The number of esters is 1. The maximum absolute atomic E-state index is 10.5. The highest BCUT2D eigenvalue weighted by molar-refractivity contribution is 5.74. The molecule has 0 aliphatic carbocycles. The van der Waals surface area contributed by atoms with E-state index in [1.807, 2.05) is 0 Å². The van der Waals surface area contributed by atoms with E-state index in [0.717, 1.165) is 0 Å². The lowest BCUT2D eigenvalue weighted by molar-refractivity contribution is -0.155. The molecule has 1 atom stereocenters. The predicted octanol–water partition coefficient (Wildman–Crippen LogP) is -0.172. The first kappa shape index (κ1) is 8.39. The number of hydrogen-bond acceptors (Lipinski definition) is 4. The van der Waals surface area contributed by atoms with E-state index in [0.29, 0.717) is 6.61 Å². The van der Waals surface area contributed by atoms with E-state index >= 15 is 0 Å². The second-order valence-electron chi connectivity index (χ2n) is 1.53. The molecule has 0 bridgehead atoms. The number of carbonyl (C=O) groups is 1. The molecular weight excluding hydrogens is 122 g/mol. The van der Waals surface area contributed by atoms with Crippen molar-refractivity contribution in [2.75, 3.05) is 6.61 Å². The SMILES string of the molecule is CCOC(=O)C(C)ON. The summed E-state index contributed by atoms with van der Waals surface area (Å²) in [5, 5.41) is 0. The average molecular weight is 133 g/mol. The Hall–Kier alpha value is -0.610. The van der Waals surface area contributed by atoms with Crippen LogP contribution in [0.4, 0.5) is 0 Å². The fraction of sp³-hybridized carbons (Fsp3) is 0.800. The third-order valence-corrected chi connectivity index (χ3v) is 0.823. The van der Waals surface area contributed by atoms with Crippen LogP contribution in [0.15, 0.2) is 0 Å². The van der Waals surface area contributed by atoms with E-state index in [1.165, 1.54) is 6.92 Å². The fourth-order valence-electron chi connectivity index (χ4n) is 0.315. The summed E-state index contributed by atoms with van der Waals surface area (Å²) in [5.41, 5.74) is 0. The van der Waals surface area contributed by atoms with Gasteiger partial charge in [0.15, 0.2) is 6.10 Å². The summed E-state index contributed by atoms with van der Waals surface area (Å²) in [6.45, 7) is 3.60. The van der Waals surface area contributed by atoms with Crippen molar-refractivity contribution in [2.24, 2.45) is 5.90 Å². The lowest BCUT2D eigenvalue weighted by Gasteiger charge is -2.05. The summed E-state index contributed by atoms with van der Waals surface area (Å²) >= 11 is 0. The molecule has 0 saturated carbocycles. The van der Waals surface area contributed by atoms with Crippen LogP contribution in [0.25, 0.3) is 0 Å². The van der Waals surface area contributed by atoms with Gasteiger partial charge in [-0.3, -0.25) is 4.84 Å². The minimum Gasteiger partial charge on any atom is -0.464 e. The van der Waals surface area contributed by atoms with Gasteiger partial charge in [-0.15, -0.1) is 0 Å². The Bertz CT molecular complexity index is 94.2. The van der Waals surface area contributed by atoms with Crippen molar-refractivity contribution in [1.82, 2.24) is 0 Å². The molecule has 1 unspecified atom stereocenters. The van der Waals surface area contributed by atoms with E-state index < -0.39 is 12.1 Å². The Labute approximate surface area is 53.9 Å². The number of carbonyl (C=O) groups excluding carboxylic acids is 1. The molecule has 54 valence electrons. The second kappa shape index (κ2) is 4.29. The summed E-state index contributed by atoms with van der Waals surface area (Å²) in [5.74, 6) is 4.27. The molecule has 0 fully saturated rings. The number of ether oxygens (including phenoxy) is 1. The number of hydrogen-bond donors (Lipinski definition) is 1. The van der Waals surface area contributed by atoms with Crippen molar-refractivity contribution in [3.63, 3.8) is 0 Å². The van der Waals surface area contributed by atoms with Crippen LogP contribution >= 0.6 is 0 Å². The molecule has 4 nitrogen and oxygen atoms in total. The van der Waals surface area contributed by atoms with Crippen LogP contribution in [0.5, 0.6) is 0 Å². The van der Waals surface area contributed by atoms with Gasteiger partial charge in [-0.1, -0.05) is 0 Å². The molecule has 0 heterocycles. The van der Waals surface area contributed by atoms with Gasteiger partial charge in [-0.25, -0.2) is 10.7 Å². The summed E-state index contributed by atoms with van der Waals surface area (Å²) in [4.78, 5) is 14.7. The molecule has 0 aliphatic rings. The zero-order valence-corrected chi connectivity index (χ0v) is 5.59. The molecule has 4 heteroatoms.